The first-order chi connectivity index (χ1) is 16.4. The Morgan fingerprint density at radius 2 is 2.03 bits per heavy atom. The second kappa shape index (κ2) is 11.6. The van der Waals surface area contributed by atoms with Crippen LogP contribution in [0.15, 0.2) is 41.3 Å². The summed E-state index contributed by atoms with van der Waals surface area (Å²) < 4.78 is 14.4. The number of anilines is 1. The molecule has 2 amide bonds. The third-order valence-electron chi connectivity index (χ3n) is 6.88. The van der Waals surface area contributed by atoms with Gasteiger partial charge in [-0.1, -0.05) is 24.1 Å². The number of fused-ring (bicyclic) bond motifs is 1. The number of nitrogens with one attached hydrogen (secondary N) is 2. The molecule has 1 heterocycles. The normalized spacial score (nSPS) is 17.4. The molecule has 2 N–H and O–H groups in total. The van der Waals surface area contributed by atoms with Crippen molar-refractivity contribution in [1.29, 1.82) is 0 Å². The molecule has 0 aromatic heterocycles. The first-order valence-electron chi connectivity index (χ1n) is 12.0. The van der Waals surface area contributed by atoms with E-state index >= 15 is 0 Å². The smallest absolute Gasteiger partial charge is 0.251 e. The van der Waals surface area contributed by atoms with Crippen LogP contribution in [0.5, 0.6) is 0 Å². The van der Waals surface area contributed by atoms with Crippen molar-refractivity contribution in [3.63, 3.8) is 0 Å². The molecule has 182 valence electrons. The minimum atomic E-state index is -0.450. The number of carbonyl (C=O) groups excluding carboxylic acids is 2. The van der Waals surface area contributed by atoms with E-state index in [0.717, 1.165) is 23.9 Å². The van der Waals surface area contributed by atoms with Crippen LogP contribution in [-0.4, -0.2) is 43.7 Å². The molecule has 1 atom stereocenters. The van der Waals surface area contributed by atoms with Gasteiger partial charge in [0.05, 0.1) is 37.6 Å². The van der Waals surface area contributed by atoms with Crippen molar-refractivity contribution >= 4 is 40.9 Å². The van der Waals surface area contributed by atoms with Gasteiger partial charge in [0.1, 0.15) is 5.82 Å². The maximum absolute atomic E-state index is 14.4. The molecular weight excluding hydrogens is 473 g/mol. The first-order valence-corrected chi connectivity index (χ1v) is 13.4. The van der Waals surface area contributed by atoms with Crippen LogP contribution < -0.4 is 15.1 Å². The van der Waals surface area contributed by atoms with Crippen molar-refractivity contribution in [2.45, 2.75) is 56.0 Å². The van der Waals surface area contributed by atoms with E-state index in [1.165, 1.54) is 54.8 Å². The van der Waals surface area contributed by atoms with Crippen LogP contribution in [0.4, 0.5) is 10.1 Å². The van der Waals surface area contributed by atoms with Crippen molar-refractivity contribution in [1.82, 2.24) is 5.32 Å². The van der Waals surface area contributed by atoms with E-state index in [0.29, 0.717) is 17.8 Å². The quantitative estimate of drug-likeness (QED) is 0.532. The highest BCUT2D eigenvalue weighted by molar-refractivity contribution is 8.00. The molecule has 1 fully saturated rings. The summed E-state index contributed by atoms with van der Waals surface area (Å²) in [5.41, 5.74) is 1.39. The van der Waals surface area contributed by atoms with Gasteiger partial charge in [0.25, 0.3) is 5.91 Å². The average molecular weight is 505 g/mol. The van der Waals surface area contributed by atoms with Crippen molar-refractivity contribution in [2.24, 2.45) is 0 Å². The Balaban J connectivity index is 1.39. The van der Waals surface area contributed by atoms with Crippen molar-refractivity contribution in [3.8, 4) is 0 Å². The molecule has 2 aromatic carbocycles. The molecule has 0 bridgehead atoms. The van der Waals surface area contributed by atoms with E-state index in [-0.39, 0.29) is 34.7 Å². The predicted molar refractivity (Wildman–Crippen MR) is 135 cm³/mol. The lowest BCUT2D eigenvalue weighted by Crippen LogP contribution is -3.13. The Bertz CT molecular complexity index is 1020. The summed E-state index contributed by atoms with van der Waals surface area (Å²) in [6, 6.07) is 10.6. The number of carbonyl (C=O) groups is 2. The topological polar surface area (TPSA) is 53.9 Å². The number of halogens is 2. The SMILES string of the molecule is C[NH+](CCCNC(=O)c1ccc2c(c1)N(Cc1c(F)cccc1Cl)C(=O)CS2)C1CCCCC1. The number of benzene rings is 2. The van der Waals surface area contributed by atoms with Crippen LogP contribution in [0.1, 0.15) is 54.4 Å². The van der Waals surface area contributed by atoms with Crippen LogP contribution in [-0.2, 0) is 11.3 Å². The molecule has 0 spiro atoms. The fraction of sp³-hybridized carbons (Fsp3) is 0.462. The molecule has 0 radical (unpaired) electrons. The lowest BCUT2D eigenvalue weighted by atomic mass is 9.94. The zero-order valence-electron chi connectivity index (χ0n) is 19.5. The van der Waals surface area contributed by atoms with Gasteiger partial charge in [-0.3, -0.25) is 9.59 Å². The van der Waals surface area contributed by atoms with Gasteiger partial charge in [0.15, 0.2) is 0 Å². The second-order valence-corrected chi connectivity index (χ2v) is 10.6. The lowest BCUT2D eigenvalue weighted by molar-refractivity contribution is -0.907. The molecular formula is C26H32ClFN3O2S+. The largest absolute Gasteiger partial charge is 0.352 e. The van der Waals surface area contributed by atoms with Crippen LogP contribution >= 0.6 is 23.4 Å². The summed E-state index contributed by atoms with van der Waals surface area (Å²) >= 11 is 7.62. The van der Waals surface area contributed by atoms with Crippen LogP contribution in [0.25, 0.3) is 0 Å². The lowest BCUT2D eigenvalue weighted by Gasteiger charge is -2.30. The summed E-state index contributed by atoms with van der Waals surface area (Å²) in [6.45, 7) is 1.68. The number of hydrogen-bond acceptors (Lipinski definition) is 3. The number of amides is 2. The Morgan fingerprint density at radius 3 is 2.79 bits per heavy atom. The monoisotopic (exact) mass is 504 g/mol. The maximum Gasteiger partial charge on any atom is 0.251 e. The molecule has 2 aromatic rings. The zero-order valence-corrected chi connectivity index (χ0v) is 21.1. The number of nitrogens with zero attached hydrogens (tertiary/aromatic N) is 1. The number of hydrogen-bond donors (Lipinski definition) is 2. The predicted octanol–water partition coefficient (Wildman–Crippen LogP) is 4.09. The molecule has 34 heavy (non-hydrogen) atoms. The fourth-order valence-electron chi connectivity index (χ4n) is 4.83. The third-order valence-corrected chi connectivity index (χ3v) is 8.28. The van der Waals surface area contributed by atoms with E-state index in [1.807, 2.05) is 6.07 Å². The molecule has 2 aliphatic rings. The van der Waals surface area contributed by atoms with Crippen molar-refractivity contribution < 1.29 is 18.9 Å². The molecule has 1 aliphatic heterocycles. The van der Waals surface area contributed by atoms with Gasteiger partial charge in [-0.05, 0) is 56.0 Å². The molecule has 5 nitrogen and oxygen atoms in total. The molecule has 4 rings (SSSR count). The van der Waals surface area contributed by atoms with E-state index in [9.17, 15) is 14.0 Å². The number of rotatable bonds is 8. The average Bonchev–Trinajstić information content (AvgIpc) is 2.85. The number of thioether (sulfide) groups is 1. The highest BCUT2D eigenvalue weighted by Gasteiger charge is 2.27. The van der Waals surface area contributed by atoms with E-state index in [1.54, 1.807) is 29.2 Å². The van der Waals surface area contributed by atoms with E-state index in [4.69, 9.17) is 11.6 Å². The minimum absolute atomic E-state index is 0.0270. The summed E-state index contributed by atoms with van der Waals surface area (Å²) in [6.07, 6.45) is 7.55. The van der Waals surface area contributed by atoms with Gasteiger partial charge in [0, 0.05) is 34.0 Å². The standard InChI is InChI=1S/C26H31ClFN3O2S/c1-30(19-7-3-2-4-8-19)14-6-13-29-26(33)18-11-12-24-23(15-18)31(25(32)17-34-24)16-20-21(27)9-5-10-22(20)28/h5,9-12,15,19H,2-4,6-8,13-14,16-17H2,1H3,(H,29,33)/p+1. The van der Waals surface area contributed by atoms with Crippen molar-refractivity contribution in [2.75, 3.05) is 30.8 Å². The molecule has 1 unspecified atom stereocenters. The Kier molecular flexibility index (Phi) is 8.51. The molecule has 8 heteroatoms. The van der Waals surface area contributed by atoms with Gasteiger partial charge in [-0.15, -0.1) is 11.8 Å². The Morgan fingerprint density at radius 1 is 1.24 bits per heavy atom. The summed E-state index contributed by atoms with van der Waals surface area (Å²) in [4.78, 5) is 29.5. The highest BCUT2D eigenvalue weighted by atomic mass is 35.5. The van der Waals surface area contributed by atoms with E-state index in [2.05, 4.69) is 12.4 Å². The summed E-state index contributed by atoms with van der Waals surface area (Å²) in [7, 11) is 2.26. The molecule has 1 saturated carbocycles. The fourth-order valence-corrected chi connectivity index (χ4v) is 5.97. The minimum Gasteiger partial charge on any atom is -0.352 e. The first kappa shape index (κ1) is 25.0. The number of quaternary nitrogens is 1. The van der Waals surface area contributed by atoms with E-state index < -0.39 is 5.82 Å². The Labute approximate surface area is 210 Å². The van der Waals surface area contributed by atoms with Gasteiger partial charge in [-0.2, -0.15) is 0 Å². The second-order valence-electron chi connectivity index (χ2n) is 9.19. The van der Waals surface area contributed by atoms with Crippen LogP contribution in [0, 0.1) is 5.82 Å². The van der Waals surface area contributed by atoms with Gasteiger partial charge in [0.2, 0.25) is 5.91 Å². The summed E-state index contributed by atoms with van der Waals surface area (Å²) in [5.74, 6) is -0.482. The van der Waals surface area contributed by atoms with Crippen LogP contribution in [0.2, 0.25) is 5.02 Å². The van der Waals surface area contributed by atoms with Gasteiger partial charge < -0.3 is 15.1 Å². The highest BCUT2D eigenvalue weighted by Crippen LogP contribution is 2.37. The van der Waals surface area contributed by atoms with Crippen molar-refractivity contribution in [3.05, 3.63) is 58.4 Å². The molecule has 0 saturated heterocycles. The van der Waals surface area contributed by atoms with Gasteiger partial charge in [-0.25, -0.2) is 4.39 Å². The maximum atomic E-state index is 14.4. The summed E-state index contributed by atoms with van der Waals surface area (Å²) in [5, 5.41) is 3.29. The third kappa shape index (κ3) is 5.93. The Hall–Kier alpha value is -2.09. The zero-order chi connectivity index (χ0) is 24.1. The van der Waals surface area contributed by atoms with Gasteiger partial charge >= 0.3 is 0 Å². The molecule has 1 aliphatic carbocycles. The van der Waals surface area contributed by atoms with Crippen LogP contribution in [0.3, 0.4) is 0 Å².